The summed E-state index contributed by atoms with van der Waals surface area (Å²) in [6, 6.07) is 1.69. The van der Waals surface area contributed by atoms with Crippen LogP contribution < -0.4 is 5.32 Å². The third kappa shape index (κ3) is 4.04. The van der Waals surface area contributed by atoms with Crippen molar-refractivity contribution in [3.63, 3.8) is 0 Å². The molecule has 3 nitrogen and oxygen atoms in total. The second-order valence-corrected chi connectivity index (χ2v) is 5.13. The van der Waals surface area contributed by atoms with Crippen LogP contribution in [0.4, 0.5) is 0 Å². The van der Waals surface area contributed by atoms with E-state index in [9.17, 15) is 0 Å². The molecule has 2 rings (SSSR count). The van der Waals surface area contributed by atoms with E-state index >= 15 is 0 Å². The van der Waals surface area contributed by atoms with E-state index in [-0.39, 0.29) is 0 Å². The number of hydrogen-bond donors (Lipinski definition) is 1. The van der Waals surface area contributed by atoms with Gasteiger partial charge in [0.15, 0.2) is 0 Å². The largest absolute Gasteiger partial charge is 0.381 e. The zero-order valence-electron chi connectivity index (χ0n) is 10.6. The average Bonchev–Trinajstić information content (AvgIpc) is 3.04. The fraction of sp³-hybridized carbons (Fsp3) is 1.00. The Bertz CT molecular complexity index is 194. The minimum Gasteiger partial charge on any atom is -0.381 e. The van der Waals surface area contributed by atoms with Crippen LogP contribution in [0.1, 0.15) is 39.0 Å². The van der Waals surface area contributed by atoms with E-state index in [4.69, 9.17) is 4.74 Å². The molecule has 1 heterocycles. The van der Waals surface area contributed by atoms with Gasteiger partial charge in [-0.3, -0.25) is 4.90 Å². The van der Waals surface area contributed by atoms with Gasteiger partial charge < -0.3 is 10.1 Å². The molecule has 94 valence electrons. The molecule has 2 fully saturated rings. The molecule has 0 aromatic rings. The lowest BCUT2D eigenvalue weighted by Crippen LogP contribution is -2.34. The number of rotatable bonds is 8. The number of nitrogens with zero attached hydrogens (tertiary/aromatic N) is 1. The van der Waals surface area contributed by atoms with Crippen molar-refractivity contribution in [2.45, 2.75) is 51.1 Å². The third-order valence-electron chi connectivity index (χ3n) is 3.53. The van der Waals surface area contributed by atoms with Crippen LogP contribution >= 0.6 is 0 Å². The summed E-state index contributed by atoms with van der Waals surface area (Å²) in [5.41, 5.74) is 0. The highest BCUT2D eigenvalue weighted by molar-refractivity contribution is 4.91. The Morgan fingerprint density at radius 3 is 2.88 bits per heavy atom. The van der Waals surface area contributed by atoms with Crippen molar-refractivity contribution < 1.29 is 4.74 Å². The molecule has 2 aliphatic rings. The maximum Gasteiger partial charge on any atom is 0.0478 e. The molecule has 1 aliphatic heterocycles. The van der Waals surface area contributed by atoms with Crippen molar-refractivity contribution in [2.24, 2.45) is 0 Å². The Morgan fingerprint density at radius 1 is 1.25 bits per heavy atom. The fourth-order valence-electron chi connectivity index (χ4n) is 2.45. The average molecular weight is 226 g/mol. The van der Waals surface area contributed by atoms with Gasteiger partial charge in [0.25, 0.3) is 0 Å². The lowest BCUT2D eigenvalue weighted by atomic mass is 10.2. The van der Waals surface area contributed by atoms with Crippen molar-refractivity contribution in [1.29, 1.82) is 0 Å². The third-order valence-corrected chi connectivity index (χ3v) is 3.53. The van der Waals surface area contributed by atoms with Gasteiger partial charge >= 0.3 is 0 Å². The van der Waals surface area contributed by atoms with Gasteiger partial charge in [0.2, 0.25) is 0 Å². The van der Waals surface area contributed by atoms with Crippen LogP contribution in [0.2, 0.25) is 0 Å². The van der Waals surface area contributed by atoms with E-state index in [0.29, 0.717) is 0 Å². The fourth-order valence-corrected chi connectivity index (χ4v) is 2.45. The van der Waals surface area contributed by atoms with E-state index in [1.54, 1.807) is 0 Å². The van der Waals surface area contributed by atoms with Crippen LogP contribution in [0.5, 0.6) is 0 Å². The van der Waals surface area contributed by atoms with Crippen molar-refractivity contribution in [2.75, 3.05) is 32.8 Å². The van der Waals surface area contributed by atoms with Crippen molar-refractivity contribution >= 4 is 0 Å². The first-order chi connectivity index (χ1) is 7.90. The van der Waals surface area contributed by atoms with E-state index in [2.05, 4.69) is 17.1 Å². The Balaban J connectivity index is 1.44. The summed E-state index contributed by atoms with van der Waals surface area (Å²) >= 11 is 0. The predicted molar refractivity (Wildman–Crippen MR) is 66.7 cm³/mol. The molecule has 0 aromatic heterocycles. The van der Waals surface area contributed by atoms with Gasteiger partial charge in [0, 0.05) is 38.4 Å². The Kier molecular flexibility index (Phi) is 5.07. The molecule has 1 aliphatic carbocycles. The minimum atomic E-state index is 0.742. The normalized spacial score (nSPS) is 26.4. The number of hydrogen-bond acceptors (Lipinski definition) is 3. The Morgan fingerprint density at radius 2 is 2.12 bits per heavy atom. The zero-order valence-corrected chi connectivity index (χ0v) is 10.6. The van der Waals surface area contributed by atoms with E-state index in [1.807, 2.05) is 0 Å². The summed E-state index contributed by atoms with van der Waals surface area (Å²) in [6.45, 7) is 7.70. The number of nitrogens with one attached hydrogen (secondary N) is 1. The minimum absolute atomic E-state index is 0.742. The van der Waals surface area contributed by atoms with E-state index < -0.39 is 0 Å². The molecule has 0 bridgehead atoms. The van der Waals surface area contributed by atoms with Gasteiger partial charge in [-0.15, -0.1) is 0 Å². The quantitative estimate of drug-likeness (QED) is 0.637. The summed E-state index contributed by atoms with van der Waals surface area (Å²) < 4.78 is 5.47. The topological polar surface area (TPSA) is 24.5 Å². The molecule has 1 unspecified atom stereocenters. The molecule has 3 heteroatoms. The molecule has 1 saturated carbocycles. The molecule has 1 atom stereocenters. The smallest absolute Gasteiger partial charge is 0.0478 e. The Hall–Kier alpha value is -0.120. The molecular weight excluding hydrogens is 200 g/mol. The van der Waals surface area contributed by atoms with Gasteiger partial charge in [0.1, 0.15) is 0 Å². The lowest BCUT2D eigenvalue weighted by molar-refractivity contribution is 0.131. The van der Waals surface area contributed by atoms with Gasteiger partial charge in [-0.05, 0) is 38.6 Å². The lowest BCUT2D eigenvalue weighted by Gasteiger charge is -2.15. The molecule has 0 aromatic carbocycles. The van der Waals surface area contributed by atoms with Crippen LogP contribution in [0, 0.1) is 0 Å². The molecular formula is C13H26N2O. The highest BCUT2D eigenvalue weighted by Gasteiger charge is 2.33. The maximum absolute atomic E-state index is 5.47. The zero-order chi connectivity index (χ0) is 11.2. The van der Waals surface area contributed by atoms with Gasteiger partial charge in [-0.25, -0.2) is 0 Å². The standard InChI is InChI=1S/C13H26N2O/c1-2-9-16-10-3-7-14-12-6-8-15(11-12)13-4-5-13/h12-14H,2-11H2,1H3. The van der Waals surface area contributed by atoms with E-state index in [1.165, 1.54) is 32.4 Å². The highest BCUT2D eigenvalue weighted by atomic mass is 16.5. The second kappa shape index (κ2) is 6.58. The van der Waals surface area contributed by atoms with Crippen LogP contribution in [-0.4, -0.2) is 49.8 Å². The van der Waals surface area contributed by atoms with Crippen LogP contribution in [0.3, 0.4) is 0 Å². The predicted octanol–water partition coefficient (Wildman–Crippen LogP) is 1.63. The number of ether oxygens (including phenoxy) is 1. The molecule has 1 N–H and O–H groups in total. The molecule has 0 spiro atoms. The summed E-state index contributed by atoms with van der Waals surface area (Å²) in [5.74, 6) is 0. The molecule has 0 amide bonds. The van der Waals surface area contributed by atoms with Crippen LogP contribution in [0.25, 0.3) is 0 Å². The number of likely N-dealkylation sites (tertiary alicyclic amines) is 1. The highest BCUT2D eigenvalue weighted by Crippen LogP contribution is 2.29. The van der Waals surface area contributed by atoms with Crippen molar-refractivity contribution in [3.8, 4) is 0 Å². The molecule has 1 saturated heterocycles. The first-order valence-electron chi connectivity index (χ1n) is 6.95. The van der Waals surface area contributed by atoms with Gasteiger partial charge in [0.05, 0.1) is 0 Å². The summed E-state index contributed by atoms with van der Waals surface area (Å²) in [7, 11) is 0. The maximum atomic E-state index is 5.47. The monoisotopic (exact) mass is 226 g/mol. The van der Waals surface area contributed by atoms with Crippen LogP contribution in [-0.2, 0) is 4.74 Å². The molecule has 16 heavy (non-hydrogen) atoms. The summed E-state index contributed by atoms with van der Waals surface area (Å²) in [5, 5.41) is 3.65. The SMILES string of the molecule is CCCOCCCNC1CCN(C2CC2)C1. The summed E-state index contributed by atoms with van der Waals surface area (Å²) in [4.78, 5) is 2.66. The first-order valence-corrected chi connectivity index (χ1v) is 6.95. The Labute approximate surface area is 99.5 Å². The van der Waals surface area contributed by atoms with Crippen LogP contribution in [0.15, 0.2) is 0 Å². The van der Waals surface area contributed by atoms with Crippen molar-refractivity contribution in [3.05, 3.63) is 0 Å². The molecule has 0 radical (unpaired) electrons. The summed E-state index contributed by atoms with van der Waals surface area (Å²) in [6.07, 6.45) is 6.51. The van der Waals surface area contributed by atoms with Gasteiger partial charge in [-0.1, -0.05) is 6.92 Å². The second-order valence-electron chi connectivity index (χ2n) is 5.13. The van der Waals surface area contributed by atoms with Gasteiger partial charge in [-0.2, -0.15) is 0 Å². The first kappa shape index (κ1) is 12.3. The van der Waals surface area contributed by atoms with Crippen molar-refractivity contribution in [1.82, 2.24) is 10.2 Å². The van der Waals surface area contributed by atoms with E-state index in [0.717, 1.165) is 44.7 Å².